The highest BCUT2D eigenvalue weighted by atomic mass is 32.2. The molecule has 48 heavy (non-hydrogen) atoms. The number of carboxylic acid groups (broad SMARTS) is 1. The molecule has 0 unspecified atom stereocenters. The monoisotopic (exact) mass is 710 g/mol. The summed E-state index contributed by atoms with van der Waals surface area (Å²) in [7, 11) is 0. The first-order chi connectivity index (χ1) is 22.7. The number of carboxylic acids is 1. The minimum absolute atomic E-state index is 0.0543. The van der Waals surface area contributed by atoms with Gasteiger partial charge >= 0.3 is 18.3 Å². The Kier molecular flexibility index (Phi) is 10.8. The van der Waals surface area contributed by atoms with Crippen molar-refractivity contribution in [3.63, 3.8) is 0 Å². The van der Waals surface area contributed by atoms with Crippen LogP contribution in [0.25, 0.3) is 17.2 Å². The number of rotatable bonds is 10. The van der Waals surface area contributed by atoms with Crippen LogP contribution in [0.15, 0.2) is 65.6 Å². The third-order valence-corrected chi connectivity index (χ3v) is 9.06. The zero-order valence-electron chi connectivity index (χ0n) is 25.1. The van der Waals surface area contributed by atoms with Crippen LogP contribution < -0.4 is 4.74 Å². The Balaban J connectivity index is 1.44. The normalized spacial score (nSPS) is 17.0. The fourth-order valence-electron chi connectivity index (χ4n) is 5.09. The van der Waals surface area contributed by atoms with E-state index < -0.39 is 35.4 Å². The Bertz CT molecular complexity index is 1690. The van der Waals surface area contributed by atoms with E-state index in [1.54, 1.807) is 12.1 Å². The summed E-state index contributed by atoms with van der Waals surface area (Å²) in [5.74, 6) is -1.22. The molecule has 2 aliphatic rings. The second-order valence-corrected chi connectivity index (χ2v) is 12.6. The average molecular weight is 711 g/mol. The molecular weight excluding hydrogens is 682 g/mol. The lowest BCUT2D eigenvalue weighted by molar-refractivity contribution is -0.143. The second kappa shape index (κ2) is 14.7. The molecular formula is C33H28F6N2O5S2. The van der Waals surface area contributed by atoms with Gasteiger partial charge < -0.3 is 14.6 Å². The predicted octanol–water partition coefficient (Wildman–Crippen LogP) is 7.24. The summed E-state index contributed by atoms with van der Waals surface area (Å²) in [6.07, 6.45) is -8.20. The van der Waals surface area contributed by atoms with Crippen LogP contribution in [0.4, 0.5) is 26.3 Å². The van der Waals surface area contributed by atoms with Crippen LogP contribution in [-0.2, 0) is 28.3 Å². The lowest BCUT2D eigenvalue weighted by Crippen LogP contribution is -2.38. The van der Waals surface area contributed by atoms with Crippen LogP contribution in [0, 0.1) is 0 Å². The summed E-state index contributed by atoms with van der Waals surface area (Å²) in [6.45, 7) is 3.53. The van der Waals surface area contributed by atoms with Gasteiger partial charge in [-0.2, -0.15) is 26.3 Å². The third kappa shape index (κ3) is 8.75. The number of hydrogen-bond donors (Lipinski definition) is 1. The summed E-state index contributed by atoms with van der Waals surface area (Å²) >= 11 is 6.45. The van der Waals surface area contributed by atoms with Gasteiger partial charge in [0.05, 0.1) is 34.8 Å². The number of thioether (sulfide) groups is 1. The zero-order chi connectivity index (χ0) is 34.6. The van der Waals surface area contributed by atoms with Gasteiger partial charge in [-0.3, -0.25) is 14.6 Å². The molecule has 0 radical (unpaired) electrons. The lowest BCUT2D eigenvalue weighted by atomic mass is 9.97. The van der Waals surface area contributed by atoms with Crippen molar-refractivity contribution in [1.82, 2.24) is 9.80 Å². The molecule has 0 aromatic heterocycles. The second-order valence-electron chi connectivity index (χ2n) is 10.9. The van der Waals surface area contributed by atoms with Gasteiger partial charge in [-0.15, -0.1) is 0 Å². The van der Waals surface area contributed by atoms with Crippen molar-refractivity contribution in [2.75, 3.05) is 46.0 Å². The number of carbonyl (C=O) groups excluding carboxylic acids is 1. The smallest absolute Gasteiger partial charge is 0.416 e. The first kappa shape index (κ1) is 35.4. The van der Waals surface area contributed by atoms with Gasteiger partial charge in [-0.1, -0.05) is 42.2 Å². The topological polar surface area (TPSA) is 79.3 Å². The summed E-state index contributed by atoms with van der Waals surface area (Å²) in [5.41, 5.74) is -1.98. The average Bonchev–Trinajstić information content (AvgIpc) is 3.31. The molecule has 7 nitrogen and oxygen atoms in total. The molecule has 2 heterocycles. The van der Waals surface area contributed by atoms with Crippen LogP contribution >= 0.6 is 24.0 Å². The van der Waals surface area contributed by atoms with E-state index in [2.05, 4.69) is 4.90 Å². The third-order valence-electron chi connectivity index (χ3n) is 7.68. The summed E-state index contributed by atoms with van der Waals surface area (Å²) < 4.78 is 93.3. The molecule has 1 N–H and O–H groups in total. The van der Waals surface area contributed by atoms with Crippen LogP contribution in [-0.4, -0.2) is 77.1 Å². The van der Waals surface area contributed by atoms with Crippen LogP contribution in [0.5, 0.6) is 5.75 Å². The van der Waals surface area contributed by atoms with Crippen LogP contribution in [0.3, 0.4) is 0 Å². The van der Waals surface area contributed by atoms with Crippen molar-refractivity contribution in [1.29, 1.82) is 0 Å². The highest BCUT2D eigenvalue weighted by molar-refractivity contribution is 8.26. The van der Waals surface area contributed by atoms with Crippen molar-refractivity contribution in [3.8, 4) is 16.9 Å². The molecule has 15 heteroatoms. The van der Waals surface area contributed by atoms with Gasteiger partial charge in [0.2, 0.25) is 0 Å². The van der Waals surface area contributed by atoms with Gasteiger partial charge in [-0.25, -0.2) is 4.79 Å². The number of ether oxygens (including phenoxy) is 2. The van der Waals surface area contributed by atoms with E-state index in [0.29, 0.717) is 51.4 Å². The number of benzene rings is 3. The molecule has 3 aromatic rings. The Morgan fingerprint density at radius 1 is 0.917 bits per heavy atom. The summed E-state index contributed by atoms with van der Waals surface area (Å²) in [5, 5.41) is 9.11. The highest BCUT2D eigenvalue weighted by Crippen LogP contribution is 2.40. The molecule has 0 bridgehead atoms. The number of morpholine rings is 1. The molecule has 2 aliphatic heterocycles. The first-order valence-corrected chi connectivity index (χ1v) is 15.9. The van der Waals surface area contributed by atoms with E-state index in [-0.39, 0.29) is 56.4 Å². The minimum atomic E-state index is -5.02. The number of carbonyl (C=O) groups is 2. The maximum Gasteiger partial charge on any atom is 0.416 e. The molecule has 2 saturated heterocycles. The maximum absolute atomic E-state index is 13.6. The van der Waals surface area contributed by atoms with E-state index in [1.807, 2.05) is 0 Å². The van der Waals surface area contributed by atoms with Gasteiger partial charge in [0.1, 0.15) is 16.7 Å². The number of amides is 1. The van der Waals surface area contributed by atoms with E-state index in [0.717, 1.165) is 17.3 Å². The molecule has 0 spiro atoms. The number of nitrogens with zero attached hydrogens (tertiary/aromatic N) is 2. The summed E-state index contributed by atoms with van der Waals surface area (Å²) in [4.78, 5) is 28.3. The number of thiocarbonyl (C=S) groups is 1. The molecule has 3 aromatic carbocycles. The Morgan fingerprint density at radius 2 is 1.56 bits per heavy atom. The standard InChI is InChI=1S/C33H28F6N2O5S2/c34-32(35,36)25-16-23(17-26(19-25)33(37,38)39)22-5-6-27(46-14-11-40-9-12-45-13-10-40)24(15-22)18-28-29(42)41(31(47)48-28)8-7-20-1-3-21(4-2-20)30(43)44/h1-6,15-19H,7-14H2,(H,43,44)/b28-18-. The predicted molar refractivity (Wildman–Crippen MR) is 172 cm³/mol. The van der Waals surface area contributed by atoms with Crippen molar-refractivity contribution in [3.05, 3.63) is 93.4 Å². The van der Waals surface area contributed by atoms with Crippen LogP contribution in [0.2, 0.25) is 0 Å². The largest absolute Gasteiger partial charge is 0.492 e. The first-order valence-electron chi connectivity index (χ1n) is 14.6. The molecule has 0 saturated carbocycles. The van der Waals surface area contributed by atoms with Crippen molar-refractivity contribution in [2.45, 2.75) is 18.8 Å². The SMILES string of the molecule is O=C(O)c1ccc(CCN2C(=O)/C(=C/c3cc(-c4cc(C(F)(F)F)cc(C(F)(F)F)c4)ccc3OCCN3CCOCC3)SC2=S)cc1. The van der Waals surface area contributed by atoms with Crippen molar-refractivity contribution >= 4 is 46.3 Å². The lowest BCUT2D eigenvalue weighted by Gasteiger charge is -2.26. The van der Waals surface area contributed by atoms with Crippen molar-refractivity contribution < 1.29 is 50.5 Å². The number of alkyl halides is 6. The number of halogens is 6. The quantitative estimate of drug-likeness (QED) is 0.134. The summed E-state index contributed by atoms with van der Waals surface area (Å²) in [6, 6.07) is 11.8. The maximum atomic E-state index is 13.6. The fourth-order valence-corrected chi connectivity index (χ4v) is 6.39. The van der Waals surface area contributed by atoms with E-state index in [9.17, 15) is 35.9 Å². The van der Waals surface area contributed by atoms with Crippen LogP contribution in [0.1, 0.15) is 32.6 Å². The molecule has 0 atom stereocenters. The Hall–Kier alpha value is -3.92. The molecule has 5 rings (SSSR count). The van der Waals surface area contributed by atoms with Gasteiger partial charge in [0.15, 0.2) is 0 Å². The molecule has 1 amide bonds. The van der Waals surface area contributed by atoms with E-state index in [1.165, 1.54) is 41.3 Å². The van der Waals surface area contributed by atoms with Gasteiger partial charge in [0, 0.05) is 31.7 Å². The Labute approximate surface area is 281 Å². The molecule has 0 aliphatic carbocycles. The molecule has 254 valence electrons. The number of aromatic carboxylic acids is 1. The van der Waals surface area contributed by atoms with Gasteiger partial charge in [-0.05, 0) is 71.7 Å². The zero-order valence-corrected chi connectivity index (χ0v) is 26.7. The number of hydrogen-bond acceptors (Lipinski definition) is 7. The highest BCUT2D eigenvalue weighted by Gasteiger charge is 2.37. The van der Waals surface area contributed by atoms with Gasteiger partial charge in [0.25, 0.3) is 5.91 Å². The molecule has 2 fully saturated rings. The Morgan fingerprint density at radius 3 is 2.17 bits per heavy atom. The van der Waals surface area contributed by atoms with E-state index >= 15 is 0 Å². The minimum Gasteiger partial charge on any atom is -0.492 e. The van der Waals surface area contributed by atoms with Crippen molar-refractivity contribution in [2.24, 2.45) is 0 Å². The fraction of sp³-hybridized carbons (Fsp3) is 0.303. The van der Waals surface area contributed by atoms with E-state index in [4.69, 9.17) is 26.8 Å².